The number of anilines is 5. The van der Waals surface area contributed by atoms with E-state index in [1.165, 1.54) is 0 Å². The molecule has 3 N–H and O–H groups in total. The van der Waals surface area contributed by atoms with Crippen molar-refractivity contribution in [3.05, 3.63) is 60.4 Å². The van der Waals surface area contributed by atoms with Crippen molar-refractivity contribution in [2.24, 2.45) is 0 Å². The van der Waals surface area contributed by atoms with E-state index in [0.717, 1.165) is 74.3 Å². The van der Waals surface area contributed by atoms with Gasteiger partial charge < -0.3 is 34.7 Å². The molecule has 0 amide bonds. The average molecular weight is 722 g/mol. The zero-order valence-electron chi connectivity index (χ0n) is 29.2. The lowest BCUT2D eigenvalue weighted by atomic mass is 10.0. The Kier molecular flexibility index (Phi) is 9.59. The fourth-order valence-electron chi connectivity index (χ4n) is 7.19. The van der Waals surface area contributed by atoms with Crippen LogP contribution in [0.2, 0.25) is 0 Å². The van der Waals surface area contributed by atoms with Crippen LogP contribution in [0, 0.1) is 6.92 Å². The predicted molar refractivity (Wildman–Crippen MR) is 198 cm³/mol. The van der Waals surface area contributed by atoms with Gasteiger partial charge in [0, 0.05) is 74.0 Å². The van der Waals surface area contributed by atoms with Crippen molar-refractivity contribution in [1.29, 1.82) is 0 Å². The van der Waals surface area contributed by atoms with Crippen LogP contribution in [0.1, 0.15) is 18.4 Å². The number of piperazine rings is 1. The molecule has 51 heavy (non-hydrogen) atoms. The average Bonchev–Trinajstić information content (AvgIpc) is 3.56. The highest BCUT2D eigenvalue weighted by Crippen LogP contribution is 2.42. The number of H-pyrrole nitrogens is 1. The van der Waals surface area contributed by atoms with Gasteiger partial charge in [-0.15, -0.1) is 0 Å². The van der Waals surface area contributed by atoms with E-state index in [0.29, 0.717) is 39.6 Å². The number of piperidine rings is 1. The number of ether oxygens (including phenoxy) is 1. The summed E-state index contributed by atoms with van der Waals surface area (Å²) in [4.78, 5) is 24.2. The first-order chi connectivity index (χ1) is 24.3. The lowest BCUT2D eigenvalue weighted by Gasteiger charge is -2.43. The summed E-state index contributed by atoms with van der Waals surface area (Å²) in [5.41, 5.74) is 3.81. The van der Waals surface area contributed by atoms with Gasteiger partial charge in [0.15, 0.2) is 6.61 Å². The van der Waals surface area contributed by atoms with E-state index in [1.54, 1.807) is 37.9 Å². The smallest absolute Gasteiger partial charge is 0.422 e. The molecule has 2 aliphatic rings. The molecule has 7 rings (SSSR count). The largest absolute Gasteiger partial charge is 0.482 e. The fraction of sp³-hybridized carbons (Fsp3) is 0.417. The Bertz CT molecular complexity index is 2080. The van der Waals surface area contributed by atoms with E-state index in [4.69, 9.17) is 9.72 Å². The summed E-state index contributed by atoms with van der Waals surface area (Å²) in [6, 6.07) is 13.3. The van der Waals surface area contributed by atoms with Gasteiger partial charge in [-0.2, -0.15) is 23.1 Å². The number of benzene rings is 2. The molecule has 5 heterocycles. The van der Waals surface area contributed by atoms with Crippen molar-refractivity contribution in [3.63, 3.8) is 0 Å². The molecule has 0 aliphatic carbocycles. The van der Waals surface area contributed by atoms with Crippen LogP contribution in [0.4, 0.5) is 42.0 Å². The second-order valence-corrected chi connectivity index (χ2v) is 17.0. The van der Waals surface area contributed by atoms with E-state index >= 15 is 0 Å². The number of hydrogen-bond donors (Lipinski definition) is 3. The minimum atomic E-state index is -4.52. The number of aryl methyl sites for hydroxylation is 1. The molecule has 0 saturated carbocycles. The highest BCUT2D eigenvalue weighted by atomic mass is 31.2. The highest BCUT2D eigenvalue weighted by Gasteiger charge is 2.31. The van der Waals surface area contributed by atoms with Gasteiger partial charge in [-0.05, 0) is 63.9 Å². The number of para-hydroxylation sites is 1. The van der Waals surface area contributed by atoms with Gasteiger partial charge in [0.25, 0.3) is 0 Å². The molecule has 0 unspecified atom stereocenters. The van der Waals surface area contributed by atoms with Crippen molar-refractivity contribution in [2.75, 3.05) is 81.8 Å². The minimum absolute atomic E-state index is 0.0535. The second-order valence-electron chi connectivity index (χ2n) is 13.9. The van der Waals surface area contributed by atoms with Crippen LogP contribution in [0.5, 0.6) is 5.75 Å². The lowest BCUT2D eigenvalue weighted by molar-refractivity contribution is -0.153. The third-order valence-corrected chi connectivity index (χ3v) is 11.3. The van der Waals surface area contributed by atoms with E-state index < -0.39 is 19.9 Å². The molecule has 11 nitrogen and oxygen atoms in total. The van der Waals surface area contributed by atoms with Crippen molar-refractivity contribution in [2.45, 2.75) is 32.0 Å². The summed E-state index contributed by atoms with van der Waals surface area (Å²) < 4.78 is 59.4. The number of likely N-dealkylation sites (N-methyl/N-ethyl adjacent to an activating group) is 1. The van der Waals surface area contributed by atoms with Crippen LogP contribution in [0.3, 0.4) is 0 Å². The molecule has 2 saturated heterocycles. The third kappa shape index (κ3) is 7.78. The molecular formula is C36H43F3N9O2P. The number of aromatic nitrogens is 4. The molecule has 5 aromatic rings. The highest BCUT2D eigenvalue weighted by molar-refractivity contribution is 7.71. The zero-order chi connectivity index (χ0) is 35.9. The Hall–Kier alpha value is -4.39. The van der Waals surface area contributed by atoms with Gasteiger partial charge in [-0.25, -0.2) is 0 Å². The van der Waals surface area contributed by atoms with Crippen LogP contribution in [0.15, 0.2) is 54.9 Å². The maximum Gasteiger partial charge on any atom is 0.422 e. The molecular weight excluding hydrogens is 678 g/mol. The lowest BCUT2D eigenvalue weighted by Crippen LogP contribution is -2.52. The summed E-state index contributed by atoms with van der Waals surface area (Å²) in [6.45, 7) is 9.78. The monoisotopic (exact) mass is 721 g/mol. The molecule has 0 atom stereocenters. The molecule has 2 fully saturated rings. The standard InChI is InChI=1S/C36H43F3N9O2P/c1-23-19-28(31(50-22-36(37,38)39)20-30(23)48-13-10-24(11-14-48)47-17-15-46(2)16-18-47)43-35-44-33-26(9-12-40-33)34(45-35)42-29-21-41-27-8-6-5-7-25(27)32(29)51(3,4)49/h5-9,12,19-21,24H,10-11,13-18,22H2,1-4H3,(H3,40,42,43,44,45). The number of nitrogens with one attached hydrogen (secondary N) is 3. The van der Waals surface area contributed by atoms with Crippen molar-refractivity contribution < 1.29 is 22.5 Å². The van der Waals surface area contributed by atoms with Crippen LogP contribution in [-0.2, 0) is 4.57 Å². The topological polar surface area (TPSA) is 115 Å². The van der Waals surface area contributed by atoms with E-state index in [-0.39, 0.29) is 11.7 Å². The number of pyridine rings is 1. The second kappa shape index (κ2) is 14.0. The Morgan fingerprint density at radius 2 is 1.71 bits per heavy atom. The number of halogens is 3. The van der Waals surface area contributed by atoms with E-state index in [2.05, 4.69) is 47.3 Å². The molecule has 3 aromatic heterocycles. The Morgan fingerprint density at radius 1 is 0.961 bits per heavy atom. The van der Waals surface area contributed by atoms with Crippen LogP contribution >= 0.6 is 7.14 Å². The number of rotatable bonds is 9. The Morgan fingerprint density at radius 3 is 2.43 bits per heavy atom. The van der Waals surface area contributed by atoms with Gasteiger partial charge in [0.1, 0.15) is 24.4 Å². The summed E-state index contributed by atoms with van der Waals surface area (Å²) in [5.74, 6) is 0.596. The summed E-state index contributed by atoms with van der Waals surface area (Å²) >= 11 is 0. The first-order valence-electron chi connectivity index (χ1n) is 17.2. The van der Waals surface area contributed by atoms with Crippen molar-refractivity contribution >= 4 is 63.2 Å². The quantitative estimate of drug-likeness (QED) is 0.142. The van der Waals surface area contributed by atoms with E-state index in [1.807, 2.05) is 37.3 Å². The summed E-state index contributed by atoms with van der Waals surface area (Å²) in [5, 5.41) is 8.57. The van der Waals surface area contributed by atoms with Crippen LogP contribution in [-0.4, -0.2) is 108 Å². The normalized spacial score (nSPS) is 17.0. The molecule has 2 aromatic carbocycles. The van der Waals surface area contributed by atoms with Crippen molar-refractivity contribution in [3.8, 4) is 5.75 Å². The molecule has 15 heteroatoms. The van der Waals surface area contributed by atoms with Crippen molar-refractivity contribution in [1.82, 2.24) is 29.7 Å². The van der Waals surface area contributed by atoms with Gasteiger partial charge in [-0.3, -0.25) is 9.88 Å². The maximum atomic E-state index is 13.6. The van der Waals surface area contributed by atoms with Crippen LogP contribution in [0.25, 0.3) is 21.9 Å². The number of nitrogens with zero attached hydrogens (tertiary/aromatic N) is 6. The number of aromatic amines is 1. The Balaban J connectivity index is 1.19. The number of alkyl halides is 3. The molecule has 0 radical (unpaired) electrons. The maximum absolute atomic E-state index is 13.6. The summed E-state index contributed by atoms with van der Waals surface area (Å²) in [7, 11) is -0.650. The molecule has 0 spiro atoms. The molecule has 0 bridgehead atoms. The predicted octanol–water partition coefficient (Wildman–Crippen LogP) is 6.71. The SMILES string of the molecule is Cc1cc(Nc2nc(Nc3cnc4ccccc4c3P(C)(C)=O)c3cc[nH]c3n2)c(OCC(F)(F)F)cc1N1CCC(N2CCN(C)CC2)CC1. The number of hydrogen-bond acceptors (Lipinski definition) is 10. The van der Waals surface area contributed by atoms with Gasteiger partial charge in [0.2, 0.25) is 5.95 Å². The molecule has 2 aliphatic heterocycles. The van der Waals surface area contributed by atoms with Crippen LogP contribution < -0.4 is 25.6 Å². The van der Waals surface area contributed by atoms with E-state index in [9.17, 15) is 17.7 Å². The fourth-order valence-corrected chi connectivity index (χ4v) is 8.66. The first kappa shape index (κ1) is 35.0. The zero-order valence-corrected chi connectivity index (χ0v) is 30.1. The minimum Gasteiger partial charge on any atom is -0.482 e. The third-order valence-electron chi connectivity index (χ3n) is 9.75. The van der Waals surface area contributed by atoms with Gasteiger partial charge in [0.05, 0.1) is 28.5 Å². The first-order valence-corrected chi connectivity index (χ1v) is 19.8. The van der Waals surface area contributed by atoms with Gasteiger partial charge >= 0.3 is 6.18 Å². The van der Waals surface area contributed by atoms with Gasteiger partial charge in [-0.1, -0.05) is 18.2 Å². The Labute approximate surface area is 295 Å². The molecule has 270 valence electrons. The summed E-state index contributed by atoms with van der Waals surface area (Å²) in [6.07, 6.45) is 0.818. The number of fused-ring (bicyclic) bond motifs is 2.